The molecular formula is C32H42N4O4. The number of amides is 1. The second kappa shape index (κ2) is 13.4. The Morgan fingerprint density at radius 1 is 1.12 bits per heavy atom. The van der Waals surface area contributed by atoms with Crippen LogP contribution in [-0.2, 0) is 4.79 Å². The minimum atomic E-state index is -0.849. The van der Waals surface area contributed by atoms with E-state index in [2.05, 4.69) is 18.8 Å². The number of methoxy groups -OCH3 is 1. The fourth-order valence-electron chi connectivity index (χ4n) is 4.87. The molecule has 0 aliphatic carbocycles. The lowest BCUT2D eigenvalue weighted by atomic mass is 9.96. The average Bonchev–Trinajstić information content (AvgIpc) is 3.07. The third kappa shape index (κ3) is 7.82. The number of fused-ring (bicyclic) bond motifs is 1. The number of aldehydes is 1. The molecule has 0 atom stereocenters. The van der Waals surface area contributed by atoms with Gasteiger partial charge in [-0.3, -0.25) is 9.59 Å². The minimum absolute atomic E-state index is 0.0312. The van der Waals surface area contributed by atoms with Crippen LogP contribution in [0, 0.1) is 0 Å². The van der Waals surface area contributed by atoms with E-state index in [0.29, 0.717) is 53.6 Å². The van der Waals surface area contributed by atoms with Crippen molar-refractivity contribution in [1.29, 1.82) is 0 Å². The first-order valence-corrected chi connectivity index (χ1v) is 13.7. The molecule has 0 saturated carbocycles. The molecule has 0 aromatic heterocycles. The van der Waals surface area contributed by atoms with Crippen molar-refractivity contribution in [3.8, 4) is 16.9 Å². The Kier molecular flexibility index (Phi) is 10.3. The molecule has 0 saturated heterocycles. The maximum atomic E-state index is 13.4. The first-order valence-electron chi connectivity index (χ1n) is 13.7. The molecular weight excluding hydrogens is 504 g/mol. The Morgan fingerprint density at radius 2 is 1.82 bits per heavy atom. The van der Waals surface area contributed by atoms with Crippen molar-refractivity contribution in [3.05, 3.63) is 58.8 Å². The third-order valence-corrected chi connectivity index (χ3v) is 6.54. The molecule has 3 rings (SSSR count). The highest BCUT2D eigenvalue weighted by atomic mass is 16.5. The second-order valence-corrected chi connectivity index (χ2v) is 10.9. The van der Waals surface area contributed by atoms with Crippen molar-refractivity contribution >= 4 is 35.9 Å². The van der Waals surface area contributed by atoms with E-state index in [9.17, 15) is 14.7 Å². The molecule has 0 spiro atoms. The van der Waals surface area contributed by atoms with Crippen molar-refractivity contribution in [1.82, 2.24) is 9.80 Å². The number of nitrogens with zero attached hydrogens (tertiary/aromatic N) is 3. The van der Waals surface area contributed by atoms with Crippen LogP contribution in [-0.4, -0.2) is 72.3 Å². The van der Waals surface area contributed by atoms with Gasteiger partial charge in [0.05, 0.1) is 18.4 Å². The summed E-state index contributed by atoms with van der Waals surface area (Å²) in [6.07, 6.45) is 8.39. The van der Waals surface area contributed by atoms with E-state index in [0.717, 1.165) is 35.8 Å². The van der Waals surface area contributed by atoms with Crippen LogP contribution < -0.4 is 10.5 Å². The molecule has 40 heavy (non-hydrogen) atoms. The Labute approximate surface area is 237 Å². The van der Waals surface area contributed by atoms with Crippen LogP contribution in [0.3, 0.4) is 0 Å². The molecule has 1 aliphatic rings. The maximum absolute atomic E-state index is 13.4. The first-order chi connectivity index (χ1) is 19.0. The Morgan fingerprint density at radius 3 is 2.42 bits per heavy atom. The van der Waals surface area contributed by atoms with Gasteiger partial charge in [0.25, 0.3) is 0 Å². The second-order valence-electron chi connectivity index (χ2n) is 10.9. The molecule has 1 aliphatic heterocycles. The lowest BCUT2D eigenvalue weighted by Crippen LogP contribution is -2.34. The van der Waals surface area contributed by atoms with Crippen molar-refractivity contribution in [2.24, 2.45) is 10.7 Å². The quantitative estimate of drug-likeness (QED) is 0.351. The molecule has 2 aromatic carbocycles. The number of aliphatic hydroxyl groups is 1. The van der Waals surface area contributed by atoms with Gasteiger partial charge in [0.2, 0.25) is 5.91 Å². The van der Waals surface area contributed by atoms with Crippen LogP contribution in [0.4, 0.5) is 5.69 Å². The molecule has 0 fully saturated rings. The van der Waals surface area contributed by atoms with Gasteiger partial charge < -0.3 is 25.4 Å². The highest BCUT2D eigenvalue weighted by molar-refractivity contribution is 6.06. The summed E-state index contributed by atoms with van der Waals surface area (Å²) >= 11 is 0. The fourth-order valence-corrected chi connectivity index (χ4v) is 4.87. The summed E-state index contributed by atoms with van der Waals surface area (Å²) in [5, 5.41) is 10.1. The number of ether oxygens (including phenoxy) is 1. The number of carbonyl (C=O) groups is 2. The standard InChI is InChI=1S/C32H42N4O4/c1-7-12-36(13-8-2)31(38)26-16-27-28(34-30(33)19-26)17-25(18-29(27)40-6)22-9-10-24(20-37)23(15-22)11-14-35(5)21-32(3,4)39/h9-11,14-18,20,39H,7-8,12-13,19,21H2,1-6H3,(H2,33,34)/b14-11-. The van der Waals surface area contributed by atoms with E-state index < -0.39 is 5.60 Å². The highest BCUT2D eigenvalue weighted by Gasteiger charge is 2.23. The predicted molar refractivity (Wildman–Crippen MR) is 163 cm³/mol. The number of rotatable bonds is 12. The van der Waals surface area contributed by atoms with E-state index in [4.69, 9.17) is 10.5 Å². The Balaban J connectivity index is 2.05. The number of amidine groups is 1. The normalized spacial score (nSPS) is 13.3. The zero-order valence-electron chi connectivity index (χ0n) is 24.5. The molecule has 3 N–H and O–H groups in total. The first kappa shape index (κ1) is 30.6. The van der Waals surface area contributed by atoms with Crippen molar-refractivity contribution in [2.45, 2.75) is 52.6 Å². The number of likely N-dealkylation sites (N-methyl/N-ethyl adjacent to an activating group) is 1. The largest absolute Gasteiger partial charge is 0.496 e. The fraction of sp³-hybridized carbons (Fsp3) is 0.406. The summed E-state index contributed by atoms with van der Waals surface area (Å²) in [7, 11) is 3.46. The van der Waals surface area contributed by atoms with Crippen molar-refractivity contribution in [2.75, 3.05) is 33.8 Å². The maximum Gasteiger partial charge on any atom is 0.250 e. The number of nitrogens with two attached hydrogens (primary N) is 1. The van der Waals surface area contributed by atoms with Crippen molar-refractivity contribution in [3.63, 3.8) is 0 Å². The van der Waals surface area contributed by atoms with Crippen molar-refractivity contribution < 1.29 is 19.4 Å². The molecule has 8 nitrogen and oxygen atoms in total. The van der Waals surface area contributed by atoms with Crippen LogP contribution in [0.25, 0.3) is 23.3 Å². The van der Waals surface area contributed by atoms with Gasteiger partial charge in [-0.2, -0.15) is 0 Å². The average molecular weight is 547 g/mol. The van der Waals surface area contributed by atoms with E-state index in [1.165, 1.54) is 0 Å². The topological polar surface area (TPSA) is 108 Å². The van der Waals surface area contributed by atoms with Gasteiger partial charge in [-0.25, -0.2) is 4.99 Å². The number of benzene rings is 2. The third-order valence-electron chi connectivity index (χ3n) is 6.54. The smallest absolute Gasteiger partial charge is 0.250 e. The zero-order valence-corrected chi connectivity index (χ0v) is 24.5. The number of aliphatic imine (C=N–C) groups is 1. The lowest BCUT2D eigenvalue weighted by molar-refractivity contribution is -0.127. The van der Waals surface area contributed by atoms with E-state index in [1.807, 2.05) is 59.5 Å². The lowest BCUT2D eigenvalue weighted by Gasteiger charge is -2.24. The van der Waals surface area contributed by atoms with Crippen LogP contribution >= 0.6 is 0 Å². The van der Waals surface area contributed by atoms with Crippen LogP contribution in [0.2, 0.25) is 0 Å². The van der Waals surface area contributed by atoms with Crippen LogP contribution in [0.1, 0.15) is 68.4 Å². The Hall–Kier alpha value is -3.91. The Bertz CT molecular complexity index is 1310. The summed E-state index contributed by atoms with van der Waals surface area (Å²) in [6.45, 7) is 9.42. The predicted octanol–water partition coefficient (Wildman–Crippen LogP) is 5.27. The molecule has 1 heterocycles. The van der Waals surface area contributed by atoms with Gasteiger partial charge in [0.1, 0.15) is 11.6 Å². The van der Waals surface area contributed by atoms with E-state index in [-0.39, 0.29) is 12.3 Å². The molecule has 8 heteroatoms. The summed E-state index contributed by atoms with van der Waals surface area (Å²) in [6, 6.07) is 9.43. The van der Waals surface area contributed by atoms with Gasteiger partial charge in [-0.05, 0) is 79.9 Å². The van der Waals surface area contributed by atoms with Gasteiger partial charge >= 0.3 is 0 Å². The highest BCUT2D eigenvalue weighted by Crippen LogP contribution is 2.39. The molecule has 2 aromatic rings. The van der Waals surface area contributed by atoms with Gasteiger partial charge in [0, 0.05) is 49.8 Å². The summed E-state index contributed by atoms with van der Waals surface area (Å²) in [5.74, 6) is 0.909. The van der Waals surface area contributed by atoms with E-state index in [1.54, 1.807) is 27.0 Å². The summed E-state index contributed by atoms with van der Waals surface area (Å²) in [5.41, 5.74) is 10.4. The monoisotopic (exact) mass is 546 g/mol. The van der Waals surface area contributed by atoms with Gasteiger partial charge in [-0.1, -0.05) is 26.0 Å². The molecule has 0 unspecified atom stereocenters. The molecule has 1 amide bonds. The van der Waals surface area contributed by atoms with Gasteiger partial charge in [-0.15, -0.1) is 0 Å². The van der Waals surface area contributed by atoms with Crippen LogP contribution in [0.15, 0.2) is 47.1 Å². The molecule has 0 radical (unpaired) electrons. The summed E-state index contributed by atoms with van der Waals surface area (Å²) in [4.78, 5) is 33.6. The number of hydrogen-bond donors (Lipinski definition) is 2. The minimum Gasteiger partial charge on any atom is -0.496 e. The van der Waals surface area contributed by atoms with Gasteiger partial charge in [0.15, 0.2) is 6.29 Å². The van der Waals surface area contributed by atoms with E-state index >= 15 is 0 Å². The SMILES string of the molecule is CCCN(CCC)C(=O)C1=Cc2c(cc(-c3ccc(C=O)c(/C=C\N(C)CC(C)(C)O)c3)cc2OC)N=C(N)C1. The number of carbonyl (C=O) groups excluding carboxylic acids is 2. The number of hydrogen-bond acceptors (Lipinski definition) is 7. The zero-order chi connectivity index (χ0) is 29.4. The molecule has 0 bridgehead atoms. The molecule has 214 valence electrons. The van der Waals surface area contributed by atoms with Crippen LogP contribution in [0.5, 0.6) is 5.75 Å². The summed E-state index contributed by atoms with van der Waals surface area (Å²) < 4.78 is 5.77.